The first-order valence-electron chi connectivity index (χ1n) is 9.40. The van der Waals surface area contributed by atoms with Crippen LogP contribution >= 0.6 is 0 Å². The zero-order valence-electron chi connectivity index (χ0n) is 16.5. The summed E-state index contributed by atoms with van der Waals surface area (Å²) in [5.41, 5.74) is 2.42. The van der Waals surface area contributed by atoms with E-state index in [1.54, 1.807) is 16.9 Å². The van der Waals surface area contributed by atoms with Crippen molar-refractivity contribution in [2.75, 3.05) is 30.9 Å². The summed E-state index contributed by atoms with van der Waals surface area (Å²) >= 11 is 0. The summed E-state index contributed by atoms with van der Waals surface area (Å²) in [5, 5.41) is 10.5. The van der Waals surface area contributed by atoms with Crippen LogP contribution in [0.2, 0.25) is 0 Å². The SMILES string of the molecule is [C-]#[N+]Cn1ncc2c(Nc3ncc(C(F)(F)F)c(NC)n3)ccc(C3=CCOCC3)c21. The second-order valence-corrected chi connectivity index (χ2v) is 6.75. The molecule has 1 aromatic carbocycles. The van der Waals surface area contributed by atoms with E-state index < -0.39 is 11.7 Å². The molecule has 1 aliphatic heterocycles. The lowest BCUT2D eigenvalue weighted by Crippen LogP contribution is -2.12. The minimum atomic E-state index is -4.57. The first kappa shape index (κ1) is 20.6. The number of aromatic nitrogens is 4. The molecule has 0 unspecified atom stereocenters. The molecule has 0 saturated carbocycles. The van der Waals surface area contributed by atoms with Gasteiger partial charge in [0.2, 0.25) is 5.95 Å². The van der Waals surface area contributed by atoms with Gasteiger partial charge in [-0.15, -0.1) is 0 Å². The summed E-state index contributed by atoms with van der Waals surface area (Å²) in [7, 11) is 1.37. The van der Waals surface area contributed by atoms with Gasteiger partial charge in [0.1, 0.15) is 11.4 Å². The van der Waals surface area contributed by atoms with Crippen LogP contribution < -0.4 is 10.6 Å². The number of nitrogens with one attached hydrogen (secondary N) is 2. The lowest BCUT2D eigenvalue weighted by Gasteiger charge is -2.17. The largest absolute Gasteiger partial charge is 0.421 e. The number of anilines is 3. The van der Waals surface area contributed by atoms with E-state index in [9.17, 15) is 13.2 Å². The second-order valence-electron chi connectivity index (χ2n) is 6.75. The van der Waals surface area contributed by atoms with Gasteiger partial charge in [-0.05, 0) is 18.1 Å². The molecule has 0 aliphatic carbocycles. The highest BCUT2D eigenvalue weighted by Gasteiger charge is 2.35. The van der Waals surface area contributed by atoms with Gasteiger partial charge in [-0.2, -0.15) is 27.9 Å². The third-order valence-corrected chi connectivity index (χ3v) is 4.89. The van der Waals surface area contributed by atoms with Crippen LogP contribution in [-0.4, -0.2) is 40.0 Å². The molecule has 3 heterocycles. The maximum Gasteiger partial charge on any atom is 0.421 e. The van der Waals surface area contributed by atoms with Gasteiger partial charge in [0.15, 0.2) is 0 Å². The fourth-order valence-electron chi connectivity index (χ4n) is 3.48. The molecule has 0 amide bonds. The van der Waals surface area contributed by atoms with Crippen LogP contribution in [0.5, 0.6) is 0 Å². The molecule has 8 nitrogen and oxygen atoms in total. The van der Waals surface area contributed by atoms with Crippen LogP contribution in [0.1, 0.15) is 17.5 Å². The van der Waals surface area contributed by atoms with Crippen LogP contribution in [-0.2, 0) is 17.6 Å². The van der Waals surface area contributed by atoms with E-state index in [1.165, 1.54) is 7.05 Å². The van der Waals surface area contributed by atoms with Crippen molar-refractivity contribution in [2.24, 2.45) is 0 Å². The molecule has 0 fully saturated rings. The highest BCUT2D eigenvalue weighted by molar-refractivity contribution is 5.99. The molecule has 3 aromatic rings. The number of halogens is 3. The average molecular weight is 429 g/mol. The van der Waals surface area contributed by atoms with E-state index in [2.05, 4.69) is 30.5 Å². The Labute approximate surface area is 175 Å². The first-order chi connectivity index (χ1) is 14.9. The molecule has 1 aliphatic rings. The predicted octanol–water partition coefficient (Wildman–Crippen LogP) is 4.31. The van der Waals surface area contributed by atoms with Crippen molar-refractivity contribution in [3.05, 3.63) is 53.1 Å². The van der Waals surface area contributed by atoms with Crippen LogP contribution in [0.4, 0.5) is 30.6 Å². The third-order valence-electron chi connectivity index (χ3n) is 4.89. The molecule has 2 N–H and O–H groups in total. The lowest BCUT2D eigenvalue weighted by atomic mass is 9.98. The molecular weight excluding hydrogens is 411 g/mol. The molecule has 0 bridgehead atoms. The average Bonchev–Trinajstić information content (AvgIpc) is 3.18. The Kier molecular flexibility index (Phi) is 5.48. The monoisotopic (exact) mass is 429 g/mol. The summed E-state index contributed by atoms with van der Waals surface area (Å²) in [6, 6.07) is 3.70. The molecule has 160 valence electrons. The fraction of sp³-hybridized carbons (Fsp3) is 0.300. The zero-order chi connectivity index (χ0) is 22.0. The zero-order valence-corrected chi connectivity index (χ0v) is 16.5. The van der Waals surface area contributed by atoms with Crippen molar-refractivity contribution in [2.45, 2.75) is 19.3 Å². The van der Waals surface area contributed by atoms with Gasteiger partial charge >= 0.3 is 12.8 Å². The third kappa shape index (κ3) is 4.02. The van der Waals surface area contributed by atoms with E-state index >= 15 is 0 Å². The highest BCUT2D eigenvalue weighted by Crippen LogP contribution is 2.36. The van der Waals surface area contributed by atoms with E-state index in [4.69, 9.17) is 11.3 Å². The summed E-state index contributed by atoms with van der Waals surface area (Å²) in [4.78, 5) is 11.2. The molecule has 0 spiro atoms. The van der Waals surface area contributed by atoms with Crippen LogP contribution in [0, 0.1) is 6.57 Å². The molecule has 0 radical (unpaired) electrons. The van der Waals surface area contributed by atoms with E-state index in [1.807, 2.05) is 12.1 Å². The molecular formula is C20H18F3N7O. The van der Waals surface area contributed by atoms with Crippen molar-refractivity contribution in [3.8, 4) is 0 Å². The van der Waals surface area contributed by atoms with Gasteiger partial charge in [0, 0.05) is 24.2 Å². The van der Waals surface area contributed by atoms with Crippen molar-refractivity contribution in [1.82, 2.24) is 19.7 Å². The van der Waals surface area contributed by atoms with Crippen molar-refractivity contribution in [3.63, 3.8) is 0 Å². The highest BCUT2D eigenvalue weighted by atomic mass is 19.4. The minimum Gasteiger partial charge on any atom is -0.377 e. The number of hydrogen-bond donors (Lipinski definition) is 2. The van der Waals surface area contributed by atoms with Gasteiger partial charge < -0.3 is 15.4 Å². The molecule has 4 rings (SSSR count). The summed E-state index contributed by atoms with van der Waals surface area (Å²) < 4.78 is 46.3. The number of alkyl halides is 3. The number of nitrogens with zero attached hydrogens (tertiary/aromatic N) is 5. The lowest BCUT2D eigenvalue weighted by molar-refractivity contribution is -0.137. The predicted molar refractivity (Wildman–Crippen MR) is 110 cm³/mol. The van der Waals surface area contributed by atoms with E-state index in [0.717, 1.165) is 29.3 Å². The Morgan fingerprint density at radius 1 is 1.29 bits per heavy atom. The fourth-order valence-corrected chi connectivity index (χ4v) is 3.48. The maximum absolute atomic E-state index is 13.1. The Morgan fingerprint density at radius 2 is 2.13 bits per heavy atom. The Hall–Kier alpha value is -3.65. The van der Waals surface area contributed by atoms with Crippen LogP contribution in [0.3, 0.4) is 0 Å². The normalized spacial score (nSPS) is 14.2. The summed E-state index contributed by atoms with van der Waals surface area (Å²) in [5.74, 6) is -0.316. The topological polar surface area (TPSA) is 81.3 Å². The Balaban J connectivity index is 1.77. The summed E-state index contributed by atoms with van der Waals surface area (Å²) in [6.45, 7) is 8.38. The van der Waals surface area contributed by atoms with Gasteiger partial charge in [-0.3, -0.25) is 4.85 Å². The van der Waals surface area contributed by atoms with E-state index in [0.29, 0.717) is 24.3 Å². The van der Waals surface area contributed by atoms with Gasteiger partial charge in [-0.1, -0.05) is 12.1 Å². The van der Waals surface area contributed by atoms with Gasteiger partial charge in [0.05, 0.1) is 30.6 Å². The second kappa shape index (κ2) is 8.23. The number of fused-ring (bicyclic) bond motifs is 1. The maximum atomic E-state index is 13.1. The molecule has 2 aromatic heterocycles. The molecule has 31 heavy (non-hydrogen) atoms. The minimum absolute atomic E-state index is 0.00890. The van der Waals surface area contributed by atoms with Crippen LogP contribution in [0.25, 0.3) is 21.3 Å². The number of ether oxygens (including phenoxy) is 1. The van der Waals surface area contributed by atoms with Crippen molar-refractivity contribution in [1.29, 1.82) is 0 Å². The summed E-state index contributed by atoms with van der Waals surface area (Å²) in [6.07, 6.45) is 0.527. The van der Waals surface area contributed by atoms with Gasteiger partial charge in [0.25, 0.3) is 0 Å². The van der Waals surface area contributed by atoms with Crippen molar-refractivity contribution < 1.29 is 17.9 Å². The standard InChI is InChI=1S/C20H18F3N7O/c1-24-11-30-17-13(12-5-7-31-8-6-12)3-4-16(14(17)9-27-30)28-19-26-10-15(20(21,22)23)18(25-2)29-19/h3-5,9-10H,6-8,11H2,2H3,(H2,25,26,28,29). The number of benzene rings is 1. The van der Waals surface area contributed by atoms with Gasteiger partial charge in [-0.25, -0.2) is 11.6 Å². The smallest absolute Gasteiger partial charge is 0.377 e. The quantitative estimate of drug-likeness (QED) is 0.589. The number of rotatable bonds is 5. The number of hydrogen-bond acceptors (Lipinski definition) is 6. The Bertz CT molecular complexity index is 1190. The Morgan fingerprint density at radius 3 is 2.81 bits per heavy atom. The molecule has 0 atom stereocenters. The molecule has 0 saturated heterocycles. The first-order valence-corrected chi connectivity index (χ1v) is 9.40. The molecule has 11 heteroatoms. The van der Waals surface area contributed by atoms with Crippen LogP contribution in [0.15, 0.2) is 30.6 Å². The van der Waals surface area contributed by atoms with Crippen molar-refractivity contribution >= 4 is 33.9 Å². The van der Waals surface area contributed by atoms with E-state index in [-0.39, 0.29) is 18.4 Å².